The Balaban J connectivity index is 1.46. The van der Waals surface area contributed by atoms with Crippen molar-refractivity contribution in [3.8, 4) is 11.5 Å². The third kappa shape index (κ3) is 3.70. The fraction of sp³-hybridized carbons (Fsp3) is 0.300. The van der Waals surface area contributed by atoms with Crippen LogP contribution in [0.3, 0.4) is 0 Å². The minimum atomic E-state index is -3.56. The van der Waals surface area contributed by atoms with Gasteiger partial charge in [0.15, 0.2) is 5.82 Å². The van der Waals surface area contributed by atoms with E-state index in [1.54, 1.807) is 12.1 Å². The Morgan fingerprint density at radius 2 is 1.82 bits per heavy atom. The van der Waals surface area contributed by atoms with E-state index in [1.807, 2.05) is 37.3 Å². The number of rotatable bonds is 4. The molecule has 0 N–H and O–H groups in total. The second kappa shape index (κ2) is 7.66. The first kappa shape index (κ1) is 19.1. The molecule has 28 heavy (non-hydrogen) atoms. The summed E-state index contributed by atoms with van der Waals surface area (Å²) in [4.78, 5) is 4.74. The van der Waals surface area contributed by atoms with Crippen LogP contribution in [0, 0.1) is 6.92 Å². The van der Waals surface area contributed by atoms with Crippen LogP contribution in [0.5, 0.6) is 0 Å². The average molecular weight is 418 g/mol. The number of hydrogen-bond donors (Lipinski definition) is 0. The Morgan fingerprint density at radius 1 is 1.11 bits per heavy atom. The number of aryl methyl sites for hydroxylation is 1. The van der Waals surface area contributed by atoms with E-state index in [0.29, 0.717) is 42.7 Å². The molecule has 2 heterocycles. The zero-order valence-corrected chi connectivity index (χ0v) is 16.9. The molecule has 0 unspecified atom stereocenters. The van der Waals surface area contributed by atoms with Crippen molar-refractivity contribution >= 4 is 21.6 Å². The predicted molar refractivity (Wildman–Crippen MR) is 107 cm³/mol. The van der Waals surface area contributed by atoms with Gasteiger partial charge in [-0.05, 0) is 49.6 Å². The lowest BCUT2D eigenvalue weighted by molar-refractivity contribution is 0.307. The SMILES string of the molecule is Cc1ccc(S(=O)(=O)N2CCC(c3noc(-c4ccccc4)n3)CC2)cc1Cl. The van der Waals surface area contributed by atoms with E-state index in [1.165, 1.54) is 10.4 Å². The van der Waals surface area contributed by atoms with Gasteiger partial charge in [-0.25, -0.2) is 8.42 Å². The number of sulfonamides is 1. The number of nitrogens with zero attached hydrogens (tertiary/aromatic N) is 3. The first-order chi connectivity index (χ1) is 13.4. The molecule has 6 nitrogen and oxygen atoms in total. The smallest absolute Gasteiger partial charge is 0.257 e. The van der Waals surface area contributed by atoms with Crippen LogP contribution in [0.4, 0.5) is 0 Å². The van der Waals surface area contributed by atoms with Crippen LogP contribution in [-0.2, 0) is 10.0 Å². The van der Waals surface area contributed by atoms with Crippen LogP contribution in [0.2, 0.25) is 5.02 Å². The molecule has 0 radical (unpaired) electrons. The zero-order chi connectivity index (χ0) is 19.7. The fourth-order valence-corrected chi connectivity index (χ4v) is 5.08. The summed E-state index contributed by atoms with van der Waals surface area (Å²) in [5, 5.41) is 4.57. The molecule has 1 saturated heterocycles. The molecular weight excluding hydrogens is 398 g/mol. The average Bonchev–Trinajstić information content (AvgIpc) is 3.21. The highest BCUT2D eigenvalue weighted by Crippen LogP contribution is 2.31. The zero-order valence-electron chi connectivity index (χ0n) is 15.4. The summed E-state index contributed by atoms with van der Waals surface area (Å²) in [5.41, 5.74) is 1.73. The lowest BCUT2D eigenvalue weighted by Crippen LogP contribution is -2.38. The van der Waals surface area contributed by atoms with Crippen LogP contribution in [0.15, 0.2) is 57.9 Å². The first-order valence-electron chi connectivity index (χ1n) is 9.10. The second-order valence-electron chi connectivity index (χ2n) is 6.91. The topological polar surface area (TPSA) is 76.3 Å². The van der Waals surface area contributed by atoms with Gasteiger partial charge in [-0.1, -0.05) is 41.0 Å². The fourth-order valence-electron chi connectivity index (χ4n) is 3.34. The summed E-state index contributed by atoms with van der Waals surface area (Å²) in [6.45, 7) is 2.67. The minimum Gasteiger partial charge on any atom is -0.334 e. The van der Waals surface area contributed by atoms with Crippen molar-refractivity contribution in [2.45, 2.75) is 30.6 Å². The molecule has 0 spiro atoms. The molecule has 1 aliphatic rings. The molecule has 1 aliphatic heterocycles. The molecule has 8 heteroatoms. The van der Waals surface area contributed by atoms with Gasteiger partial charge in [-0.15, -0.1) is 0 Å². The predicted octanol–water partition coefficient (Wildman–Crippen LogP) is 4.27. The Labute approximate surface area is 169 Å². The maximum atomic E-state index is 12.9. The first-order valence-corrected chi connectivity index (χ1v) is 10.9. The quantitative estimate of drug-likeness (QED) is 0.633. The van der Waals surface area contributed by atoms with Crippen molar-refractivity contribution in [2.75, 3.05) is 13.1 Å². The van der Waals surface area contributed by atoms with Gasteiger partial charge in [0.1, 0.15) is 0 Å². The highest BCUT2D eigenvalue weighted by atomic mass is 35.5. The Bertz CT molecular complexity index is 1080. The van der Waals surface area contributed by atoms with Crippen molar-refractivity contribution in [2.24, 2.45) is 0 Å². The highest BCUT2D eigenvalue weighted by Gasteiger charge is 2.32. The van der Waals surface area contributed by atoms with E-state index in [0.717, 1.165) is 11.1 Å². The summed E-state index contributed by atoms with van der Waals surface area (Å²) < 4.78 is 32.7. The largest absolute Gasteiger partial charge is 0.334 e. The van der Waals surface area contributed by atoms with Gasteiger partial charge in [0.05, 0.1) is 4.90 Å². The number of benzene rings is 2. The van der Waals surface area contributed by atoms with E-state index in [2.05, 4.69) is 10.1 Å². The van der Waals surface area contributed by atoms with E-state index < -0.39 is 10.0 Å². The molecule has 0 aliphatic carbocycles. The van der Waals surface area contributed by atoms with E-state index >= 15 is 0 Å². The van der Waals surface area contributed by atoms with E-state index in [9.17, 15) is 8.42 Å². The molecule has 2 aromatic carbocycles. The van der Waals surface area contributed by atoms with Crippen molar-refractivity contribution in [3.05, 3.63) is 64.9 Å². The summed E-state index contributed by atoms with van der Waals surface area (Å²) in [7, 11) is -3.56. The van der Waals surface area contributed by atoms with Gasteiger partial charge < -0.3 is 4.52 Å². The van der Waals surface area contributed by atoms with Crippen LogP contribution in [0.1, 0.15) is 30.1 Å². The Hall–Kier alpha value is -2.22. The highest BCUT2D eigenvalue weighted by molar-refractivity contribution is 7.89. The van der Waals surface area contributed by atoms with Crippen molar-refractivity contribution in [3.63, 3.8) is 0 Å². The third-order valence-electron chi connectivity index (χ3n) is 5.06. The number of halogens is 1. The van der Waals surface area contributed by atoms with Gasteiger partial charge in [-0.3, -0.25) is 0 Å². The normalized spacial score (nSPS) is 16.4. The Kier molecular flexibility index (Phi) is 5.23. The van der Waals surface area contributed by atoms with Crippen molar-refractivity contribution in [1.82, 2.24) is 14.4 Å². The van der Waals surface area contributed by atoms with E-state index in [-0.39, 0.29) is 10.8 Å². The molecule has 0 atom stereocenters. The maximum absolute atomic E-state index is 12.9. The number of hydrogen-bond acceptors (Lipinski definition) is 5. The van der Waals surface area contributed by atoms with Gasteiger partial charge >= 0.3 is 0 Å². The van der Waals surface area contributed by atoms with Gasteiger partial charge in [0, 0.05) is 29.6 Å². The molecule has 3 aromatic rings. The lowest BCUT2D eigenvalue weighted by Gasteiger charge is -2.29. The summed E-state index contributed by atoms with van der Waals surface area (Å²) in [6.07, 6.45) is 1.29. The molecule has 0 saturated carbocycles. The van der Waals surface area contributed by atoms with Crippen LogP contribution in [-0.4, -0.2) is 36.0 Å². The standard InChI is InChI=1S/C20H20ClN3O3S/c1-14-7-8-17(13-18(14)21)28(25,26)24-11-9-15(10-12-24)19-22-20(27-23-19)16-5-3-2-4-6-16/h2-8,13,15H,9-12H2,1H3. The van der Waals surface area contributed by atoms with Gasteiger partial charge in [0.2, 0.25) is 10.0 Å². The molecule has 1 aromatic heterocycles. The second-order valence-corrected chi connectivity index (χ2v) is 9.26. The lowest BCUT2D eigenvalue weighted by atomic mass is 9.97. The molecule has 0 bridgehead atoms. The van der Waals surface area contributed by atoms with Gasteiger partial charge in [0.25, 0.3) is 5.89 Å². The van der Waals surface area contributed by atoms with E-state index in [4.69, 9.17) is 16.1 Å². The van der Waals surface area contributed by atoms with Crippen LogP contribution in [0.25, 0.3) is 11.5 Å². The molecule has 0 amide bonds. The number of piperidine rings is 1. The maximum Gasteiger partial charge on any atom is 0.257 e. The third-order valence-corrected chi connectivity index (χ3v) is 7.36. The summed E-state index contributed by atoms with van der Waals surface area (Å²) >= 11 is 6.10. The van der Waals surface area contributed by atoms with Crippen molar-refractivity contribution < 1.29 is 12.9 Å². The molecule has 1 fully saturated rings. The molecular formula is C20H20ClN3O3S. The molecule has 4 rings (SSSR count). The molecule has 146 valence electrons. The van der Waals surface area contributed by atoms with Crippen molar-refractivity contribution in [1.29, 1.82) is 0 Å². The van der Waals surface area contributed by atoms with Crippen LogP contribution >= 0.6 is 11.6 Å². The number of aromatic nitrogens is 2. The van der Waals surface area contributed by atoms with Gasteiger partial charge in [-0.2, -0.15) is 9.29 Å². The Morgan fingerprint density at radius 3 is 2.50 bits per heavy atom. The van der Waals surface area contributed by atoms with Crippen LogP contribution < -0.4 is 0 Å². The monoisotopic (exact) mass is 417 g/mol. The minimum absolute atomic E-state index is 0.0780. The summed E-state index contributed by atoms with van der Waals surface area (Å²) in [6, 6.07) is 14.4. The summed E-state index contributed by atoms with van der Waals surface area (Å²) in [5.74, 6) is 1.20.